The summed E-state index contributed by atoms with van der Waals surface area (Å²) < 4.78 is 0. The first-order valence-electron chi connectivity index (χ1n) is 18.5. The van der Waals surface area contributed by atoms with Gasteiger partial charge in [-0.1, -0.05) is 176 Å². The van der Waals surface area contributed by atoms with Crippen molar-refractivity contribution in [3.63, 3.8) is 0 Å². The van der Waals surface area contributed by atoms with E-state index in [-0.39, 0.29) is 0 Å². The summed E-state index contributed by atoms with van der Waals surface area (Å²) in [5, 5.41) is 15.1. The van der Waals surface area contributed by atoms with Gasteiger partial charge < -0.3 is 0 Å². The van der Waals surface area contributed by atoms with Crippen LogP contribution >= 0.6 is 0 Å². The van der Waals surface area contributed by atoms with Crippen molar-refractivity contribution in [2.45, 2.75) is 0 Å². The molecule has 11 rings (SSSR count). The Morgan fingerprint density at radius 3 is 1.44 bits per heavy atom. The van der Waals surface area contributed by atoms with Gasteiger partial charge in [-0.25, -0.2) is 9.97 Å². The zero-order chi connectivity index (χ0) is 35.6. The van der Waals surface area contributed by atoms with Crippen LogP contribution in [0.3, 0.4) is 0 Å². The molecule has 0 aliphatic heterocycles. The fourth-order valence-electron chi connectivity index (χ4n) is 8.39. The first-order chi connectivity index (χ1) is 26.7. The number of rotatable bonds is 4. The van der Waals surface area contributed by atoms with Gasteiger partial charge in [-0.2, -0.15) is 0 Å². The zero-order valence-corrected chi connectivity index (χ0v) is 29.4. The topological polar surface area (TPSA) is 25.8 Å². The quantitative estimate of drug-likeness (QED) is 0.136. The summed E-state index contributed by atoms with van der Waals surface area (Å²) in [6, 6.07) is 69.9. The van der Waals surface area contributed by atoms with E-state index in [0.29, 0.717) is 5.82 Å². The van der Waals surface area contributed by atoms with Crippen molar-refractivity contribution < 1.29 is 0 Å². The van der Waals surface area contributed by atoms with Crippen LogP contribution in [0.1, 0.15) is 0 Å². The van der Waals surface area contributed by atoms with E-state index in [4.69, 9.17) is 9.97 Å². The number of aromatic nitrogens is 2. The SMILES string of the molecule is c1ccc(-c2nc(-c3ccc(-c4c5ccccc5cc5c4ccc4ccccc45)cc3)cc(-c3ccc4c(ccc5c6ccccc6ccc45)c3)n2)cc1. The number of hydrogen-bond acceptors (Lipinski definition) is 2. The first-order valence-corrected chi connectivity index (χ1v) is 18.5. The zero-order valence-electron chi connectivity index (χ0n) is 29.4. The van der Waals surface area contributed by atoms with Gasteiger partial charge in [0.1, 0.15) is 0 Å². The van der Waals surface area contributed by atoms with Crippen molar-refractivity contribution in [2.24, 2.45) is 0 Å². The second-order valence-electron chi connectivity index (χ2n) is 14.1. The smallest absolute Gasteiger partial charge is 0.160 e. The van der Waals surface area contributed by atoms with Gasteiger partial charge in [0, 0.05) is 16.7 Å². The maximum absolute atomic E-state index is 5.16. The van der Waals surface area contributed by atoms with Crippen molar-refractivity contribution in [1.29, 1.82) is 0 Å². The third-order valence-corrected chi connectivity index (χ3v) is 11.0. The summed E-state index contributed by atoms with van der Waals surface area (Å²) in [6.45, 7) is 0. The highest BCUT2D eigenvalue weighted by atomic mass is 14.9. The third kappa shape index (κ3) is 4.96. The highest BCUT2D eigenvalue weighted by Gasteiger charge is 2.15. The van der Waals surface area contributed by atoms with Crippen molar-refractivity contribution >= 4 is 64.6 Å². The highest BCUT2D eigenvalue weighted by molar-refractivity contribution is 6.20. The average Bonchev–Trinajstić information content (AvgIpc) is 3.25. The number of fused-ring (bicyclic) bond motifs is 9. The van der Waals surface area contributed by atoms with Crippen molar-refractivity contribution in [2.75, 3.05) is 0 Å². The lowest BCUT2D eigenvalue weighted by molar-refractivity contribution is 1.18. The van der Waals surface area contributed by atoms with Crippen LogP contribution in [0.5, 0.6) is 0 Å². The normalized spacial score (nSPS) is 11.7. The molecule has 54 heavy (non-hydrogen) atoms. The minimum Gasteiger partial charge on any atom is -0.228 e. The molecule has 0 saturated carbocycles. The van der Waals surface area contributed by atoms with E-state index in [2.05, 4.69) is 176 Å². The van der Waals surface area contributed by atoms with Crippen molar-refractivity contribution in [3.8, 4) is 45.0 Å². The van der Waals surface area contributed by atoms with Crippen LogP contribution in [0.4, 0.5) is 0 Å². The third-order valence-electron chi connectivity index (χ3n) is 11.0. The van der Waals surface area contributed by atoms with E-state index >= 15 is 0 Å². The standard InChI is InChI=1S/C52H32N2/c1-2-12-37(13-3-1)52-53-49(32-50(54-52)40-25-26-43-39(30-40)24-28-45-41-15-7-4-10-33(41)22-27-46(43)45)35-18-20-36(21-19-35)51-44-17-9-6-14-38(44)31-48-42-16-8-5-11-34(42)23-29-47(48)51/h1-32H. The van der Waals surface area contributed by atoms with Crippen LogP contribution in [0.2, 0.25) is 0 Å². The molecule has 0 amide bonds. The Labute approximate surface area is 312 Å². The Balaban J connectivity index is 1.05. The maximum Gasteiger partial charge on any atom is 0.160 e. The summed E-state index contributed by atoms with van der Waals surface area (Å²) >= 11 is 0. The van der Waals surface area contributed by atoms with E-state index in [9.17, 15) is 0 Å². The number of benzene rings is 10. The monoisotopic (exact) mass is 684 g/mol. The van der Waals surface area contributed by atoms with E-state index < -0.39 is 0 Å². The average molecular weight is 685 g/mol. The fourth-order valence-corrected chi connectivity index (χ4v) is 8.39. The van der Waals surface area contributed by atoms with Gasteiger partial charge in [0.25, 0.3) is 0 Å². The first kappa shape index (κ1) is 30.5. The molecule has 2 nitrogen and oxygen atoms in total. The van der Waals surface area contributed by atoms with E-state index in [1.165, 1.54) is 75.8 Å². The predicted octanol–water partition coefficient (Wildman–Crippen LogP) is 14.1. The Hall–Kier alpha value is -7.16. The fraction of sp³-hybridized carbons (Fsp3) is 0. The van der Waals surface area contributed by atoms with Crippen LogP contribution in [-0.2, 0) is 0 Å². The summed E-state index contributed by atoms with van der Waals surface area (Å²) in [6.07, 6.45) is 0. The van der Waals surface area contributed by atoms with Gasteiger partial charge in [-0.3, -0.25) is 0 Å². The summed E-state index contributed by atoms with van der Waals surface area (Å²) in [7, 11) is 0. The van der Waals surface area contributed by atoms with Crippen LogP contribution in [0.25, 0.3) is 110 Å². The molecule has 0 N–H and O–H groups in total. The molecule has 10 aromatic carbocycles. The van der Waals surface area contributed by atoms with Crippen LogP contribution < -0.4 is 0 Å². The van der Waals surface area contributed by atoms with Crippen LogP contribution in [0.15, 0.2) is 194 Å². The van der Waals surface area contributed by atoms with Gasteiger partial charge in [-0.15, -0.1) is 0 Å². The maximum atomic E-state index is 5.16. The second-order valence-corrected chi connectivity index (χ2v) is 14.1. The van der Waals surface area contributed by atoms with Crippen molar-refractivity contribution in [3.05, 3.63) is 194 Å². The molecule has 0 atom stereocenters. The molecule has 1 aromatic heterocycles. The van der Waals surface area contributed by atoms with E-state index in [1.54, 1.807) is 0 Å². The van der Waals surface area contributed by atoms with Crippen molar-refractivity contribution in [1.82, 2.24) is 9.97 Å². The molecule has 2 heteroatoms. The summed E-state index contributed by atoms with van der Waals surface area (Å²) in [5.74, 6) is 0.712. The number of nitrogens with zero attached hydrogens (tertiary/aromatic N) is 2. The largest absolute Gasteiger partial charge is 0.228 e. The van der Waals surface area contributed by atoms with Gasteiger partial charge >= 0.3 is 0 Å². The Morgan fingerprint density at radius 1 is 0.241 bits per heavy atom. The van der Waals surface area contributed by atoms with E-state index in [0.717, 1.165) is 28.1 Å². The van der Waals surface area contributed by atoms with Gasteiger partial charge in [-0.05, 0) is 94.0 Å². The summed E-state index contributed by atoms with van der Waals surface area (Å²) in [5.41, 5.74) is 7.33. The molecular formula is C52H32N2. The molecule has 0 saturated heterocycles. The molecule has 250 valence electrons. The predicted molar refractivity (Wildman–Crippen MR) is 229 cm³/mol. The lowest BCUT2D eigenvalue weighted by atomic mass is 9.89. The Kier molecular flexibility index (Phi) is 6.90. The molecule has 0 radical (unpaired) electrons. The van der Waals surface area contributed by atoms with Crippen LogP contribution in [-0.4, -0.2) is 9.97 Å². The second kappa shape index (κ2) is 12.2. The Morgan fingerprint density at radius 2 is 0.722 bits per heavy atom. The lowest BCUT2D eigenvalue weighted by Gasteiger charge is -2.15. The molecule has 1 heterocycles. The molecule has 0 aliphatic rings. The molecule has 0 bridgehead atoms. The Bertz CT molecular complexity index is 3250. The molecular weight excluding hydrogens is 653 g/mol. The summed E-state index contributed by atoms with van der Waals surface area (Å²) in [4.78, 5) is 10.3. The van der Waals surface area contributed by atoms with Gasteiger partial charge in [0.2, 0.25) is 0 Å². The molecule has 0 fully saturated rings. The molecule has 0 unspecified atom stereocenters. The van der Waals surface area contributed by atoms with Gasteiger partial charge in [0.15, 0.2) is 5.82 Å². The minimum atomic E-state index is 0.712. The van der Waals surface area contributed by atoms with Gasteiger partial charge in [0.05, 0.1) is 11.4 Å². The molecule has 0 spiro atoms. The minimum absolute atomic E-state index is 0.712. The highest BCUT2D eigenvalue weighted by Crippen LogP contribution is 2.40. The number of hydrogen-bond donors (Lipinski definition) is 0. The lowest BCUT2D eigenvalue weighted by Crippen LogP contribution is -1.96. The van der Waals surface area contributed by atoms with Crippen LogP contribution in [0, 0.1) is 0 Å². The molecule has 0 aliphatic carbocycles. The molecule has 11 aromatic rings. The van der Waals surface area contributed by atoms with E-state index in [1.807, 2.05) is 18.2 Å².